The van der Waals surface area contributed by atoms with E-state index in [-0.39, 0.29) is 5.97 Å². The number of nitrogens with zero attached hydrogens (tertiary/aromatic N) is 1. The summed E-state index contributed by atoms with van der Waals surface area (Å²) in [6.45, 7) is 5.37. The zero-order valence-electron chi connectivity index (χ0n) is 10.2. The van der Waals surface area contributed by atoms with Crippen LogP contribution in [0.25, 0.3) is 0 Å². The van der Waals surface area contributed by atoms with E-state index in [1.165, 1.54) is 0 Å². The number of nitrogens with one attached hydrogen (secondary N) is 1. The molecule has 0 radical (unpaired) electrons. The summed E-state index contributed by atoms with van der Waals surface area (Å²) in [6.07, 6.45) is 0. The third-order valence-corrected chi connectivity index (χ3v) is 3.88. The first-order valence-electron chi connectivity index (χ1n) is 6.12. The number of piperazine rings is 1. The maximum atomic E-state index is 11.8. The molecule has 4 nitrogen and oxygen atoms in total. The minimum atomic E-state index is -0.227. The molecule has 1 aliphatic rings. The van der Waals surface area contributed by atoms with E-state index in [0.29, 0.717) is 12.2 Å². The first-order chi connectivity index (χ1) is 8.77. The minimum absolute atomic E-state index is 0.227. The molecule has 0 saturated carbocycles. The van der Waals surface area contributed by atoms with Crippen LogP contribution in [0.4, 0.5) is 0 Å². The number of esters is 1. The summed E-state index contributed by atoms with van der Waals surface area (Å²) in [5, 5.41) is 3.30. The quantitative estimate of drug-likeness (QED) is 0.650. The third-order valence-electron chi connectivity index (χ3n) is 2.94. The Bertz CT molecular complexity index is 406. The lowest BCUT2D eigenvalue weighted by Gasteiger charge is -2.26. The SMILES string of the molecule is O=C(OCCN1CCNCC1)c1ccccc1I. The van der Waals surface area contributed by atoms with Crippen LogP contribution in [0.1, 0.15) is 10.4 Å². The fraction of sp³-hybridized carbons (Fsp3) is 0.462. The first-order valence-corrected chi connectivity index (χ1v) is 7.20. The molecule has 0 atom stereocenters. The number of benzene rings is 1. The van der Waals surface area contributed by atoms with Crippen molar-refractivity contribution in [2.45, 2.75) is 0 Å². The maximum absolute atomic E-state index is 11.8. The average Bonchev–Trinajstić information content (AvgIpc) is 2.40. The van der Waals surface area contributed by atoms with Gasteiger partial charge < -0.3 is 10.1 Å². The van der Waals surface area contributed by atoms with E-state index in [9.17, 15) is 4.79 Å². The summed E-state index contributed by atoms with van der Waals surface area (Å²) >= 11 is 2.15. The van der Waals surface area contributed by atoms with Crippen molar-refractivity contribution in [2.75, 3.05) is 39.3 Å². The molecule has 0 bridgehead atoms. The van der Waals surface area contributed by atoms with E-state index < -0.39 is 0 Å². The topological polar surface area (TPSA) is 41.6 Å². The van der Waals surface area contributed by atoms with Gasteiger partial charge in [-0.1, -0.05) is 12.1 Å². The lowest BCUT2D eigenvalue weighted by atomic mass is 10.2. The van der Waals surface area contributed by atoms with Gasteiger partial charge in [-0.2, -0.15) is 0 Å². The Kier molecular flexibility index (Phi) is 5.40. The monoisotopic (exact) mass is 360 g/mol. The van der Waals surface area contributed by atoms with Crippen molar-refractivity contribution in [3.05, 3.63) is 33.4 Å². The molecule has 2 rings (SSSR count). The summed E-state index contributed by atoms with van der Waals surface area (Å²) in [6, 6.07) is 7.48. The highest BCUT2D eigenvalue weighted by atomic mass is 127. The van der Waals surface area contributed by atoms with Crippen molar-refractivity contribution in [2.24, 2.45) is 0 Å². The molecule has 1 aromatic carbocycles. The molecular formula is C13H17IN2O2. The average molecular weight is 360 g/mol. The Labute approximate surface area is 121 Å². The molecule has 5 heteroatoms. The van der Waals surface area contributed by atoms with Crippen molar-refractivity contribution in [1.29, 1.82) is 0 Å². The van der Waals surface area contributed by atoms with E-state index in [1.54, 1.807) is 6.07 Å². The van der Waals surface area contributed by atoms with Gasteiger partial charge in [-0.05, 0) is 34.7 Å². The summed E-state index contributed by atoms with van der Waals surface area (Å²) in [5.74, 6) is -0.227. The molecule has 1 N–H and O–H groups in total. The highest BCUT2D eigenvalue weighted by Crippen LogP contribution is 2.12. The number of carbonyl (C=O) groups excluding carboxylic acids is 1. The van der Waals surface area contributed by atoms with Crippen molar-refractivity contribution in [3.63, 3.8) is 0 Å². The van der Waals surface area contributed by atoms with Crippen LogP contribution in [0, 0.1) is 3.57 Å². The van der Waals surface area contributed by atoms with Crippen LogP contribution in [0.5, 0.6) is 0 Å². The Morgan fingerprint density at radius 2 is 2.06 bits per heavy atom. The van der Waals surface area contributed by atoms with Gasteiger partial charge in [0.15, 0.2) is 0 Å². The van der Waals surface area contributed by atoms with Gasteiger partial charge in [0.25, 0.3) is 0 Å². The summed E-state index contributed by atoms with van der Waals surface area (Å²) in [5.41, 5.74) is 0.651. The molecule has 0 spiro atoms. The smallest absolute Gasteiger partial charge is 0.339 e. The lowest BCUT2D eigenvalue weighted by molar-refractivity contribution is 0.0455. The fourth-order valence-corrected chi connectivity index (χ4v) is 2.51. The standard InChI is InChI=1S/C13H17IN2O2/c14-12-4-2-1-3-11(12)13(17)18-10-9-16-7-5-15-6-8-16/h1-4,15H,5-10H2. The molecule has 0 aliphatic carbocycles. The van der Waals surface area contributed by atoms with Crippen LogP contribution in [0.3, 0.4) is 0 Å². The van der Waals surface area contributed by atoms with Crippen LogP contribution in [0.2, 0.25) is 0 Å². The van der Waals surface area contributed by atoms with E-state index >= 15 is 0 Å². The number of rotatable bonds is 4. The second kappa shape index (κ2) is 7.06. The van der Waals surface area contributed by atoms with E-state index in [0.717, 1.165) is 36.3 Å². The Morgan fingerprint density at radius 3 is 2.78 bits per heavy atom. The van der Waals surface area contributed by atoms with E-state index in [2.05, 4.69) is 32.8 Å². The van der Waals surface area contributed by atoms with E-state index in [4.69, 9.17) is 4.74 Å². The largest absolute Gasteiger partial charge is 0.461 e. The van der Waals surface area contributed by atoms with Crippen LogP contribution in [0.15, 0.2) is 24.3 Å². The van der Waals surface area contributed by atoms with Gasteiger partial charge in [-0.25, -0.2) is 4.79 Å². The fourth-order valence-electron chi connectivity index (χ4n) is 1.91. The number of halogens is 1. The van der Waals surface area contributed by atoms with Gasteiger partial charge >= 0.3 is 5.97 Å². The molecule has 0 aromatic heterocycles. The molecule has 98 valence electrons. The minimum Gasteiger partial charge on any atom is -0.461 e. The number of carbonyl (C=O) groups is 1. The van der Waals surface area contributed by atoms with Crippen LogP contribution in [-0.4, -0.2) is 50.2 Å². The van der Waals surface area contributed by atoms with Gasteiger partial charge in [0.2, 0.25) is 0 Å². The normalized spacial score (nSPS) is 16.5. The molecule has 1 aromatic rings. The Morgan fingerprint density at radius 1 is 1.33 bits per heavy atom. The molecule has 1 saturated heterocycles. The predicted octanol–water partition coefficient (Wildman–Crippen LogP) is 1.35. The molecular weight excluding hydrogens is 343 g/mol. The molecule has 1 heterocycles. The number of ether oxygens (including phenoxy) is 1. The zero-order chi connectivity index (χ0) is 12.8. The van der Waals surface area contributed by atoms with Crippen molar-refractivity contribution in [1.82, 2.24) is 10.2 Å². The summed E-state index contributed by atoms with van der Waals surface area (Å²) in [7, 11) is 0. The molecule has 1 aliphatic heterocycles. The van der Waals surface area contributed by atoms with Crippen molar-refractivity contribution in [3.8, 4) is 0 Å². The molecule has 0 unspecified atom stereocenters. The van der Waals surface area contributed by atoms with Crippen LogP contribution < -0.4 is 5.32 Å². The summed E-state index contributed by atoms with van der Waals surface area (Å²) in [4.78, 5) is 14.2. The third kappa shape index (κ3) is 3.93. The summed E-state index contributed by atoms with van der Waals surface area (Å²) < 4.78 is 6.24. The van der Waals surface area contributed by atoms with Crippen molar-refractivity contribution >= 4 is 28.6 Å². The van der Waals surface area contributed by atoms with Gasteiger partial charge in [0.05, 0.1) is 5.56 Å². The first kappa shape index (κ1) is 13.8. The van der Waals surface area contributed by atoms with Gasteiger partial charge in [0.1, 0.15) is 6.61 Å². The molecule has 1 fully saturated rings. The lowest BCUT2D eigenvalue weighted by Crippen LogP contribution is -2.44. The van der Waals surface area contributed by atoms with Crippen LogP contribution >= 0.6 is 22.6 Å². The Hall–Kier alpha value is -0.660. The van der Waals surface area contributed by atoms with Gasteiger partial charge in [-0.3, -0.25) is 4.90 Å². The van der Waals surface area contributed by atoms with Crippen molar-refractivity contribution < 1.29 is 9.53 Å². The predicted molar refractivity (Wildman–Crippen MR) is 78.8 cm³/mol. The second-order valence-corrected chi connectivity index (χ2v) is 5.37. The highest BCUT2D eigenvalue weighted by molar-refractivity contribution is 14.1. The number of hydrogen-bond donors (Lipinski definition) is 1. The van der Waals surface area contributed by atoms with Gasteiger partial charge in [0, 0.05) is 36.3 Å². The highest BCUT2D eigenvalue weighted by Gasteiger charge is 2.12. The van der Waals surface area contributed by atoms with Crippen LogP contribution in [-0.2, 0) is 4.74 Å². The molecule has 18 heavy (non-hydrogen) atoms. The molecule has 0 amide bonds. The second-order valence-electron chi connectivity index (χ2n) is 4.21. The zero-order valence-corrected chi connectivity index (χ0v) is 12.4. The maximum Gasteiger partial charge on any atom is 0.339 e. The Balaban J connectivity index is 1.76. The van der Waals surface area contributed by atoms with E-state index in [1.807, 2.05) is 18.2 Å². The van der Waals surface area contributed by atoms with Gasteiger partial charge in [-0.15, -0.1) is 0 Å². The number of hydrogen-bond acceptors (Lipinski definition) is 4.